The first-order valence-corrected chi connectivity index (χ1v) is 7.47. The van der Waals surface area contributed by atoms with E-state index in [0.717, 1.165) is 25.1 Å². The lowest BCUT2D eigenvalue weighted by Crippen LogP contribution is -2.45. The van der Waals surface area contributed by atoms with Gasteiger partial charge in [0.2, 0.25) is 0 Å². The molecule has 0 saturated heterocycles. The Morgan fingerprint density at radius 2 is 1.92 bits per heavy atom. The predicted octanol–water partition coefficient (Wildman–Crippen LogP) is 2.95. The third kappa shape index (κ3) is 4.31. The number of carbonyl (C=O) groups excluding carboxylic acids is 1. The van der Waals surface area contributed by atoms with Crippen molar-refractivity contribution in [2.45, 2.75) is 19.4 Å². The van der Waals surface area contributed by atoms with Crippen molar-refractivity contribution in [1.29, 1.82) is 0 Å². The Balaban J connectivity index is 2.08. The van der Waals surface area contributed by atoms with E-state index in [0.29, 0.717) is 5.56 Å². The van der Waals surface area contributed by atoms with Gasteiger partial charge in [-0.25, -0.2) is 8.78 Å². The van der Waals surface area contributed by atoms with Crippen molar-refractivity contribution in [2.24, 2.45) is 0 Å². The SMILES string of the molecule is Cc1cc(NC(=O)C(C)(O)COc2c(F)cccc2F)ccc1[N+](=O)[O-]. The minimum Gasteiger partial charge on any atom is -0.484 e. The van der Waals surface area contributed by atoms with Crippen LogP contribution in [0, 0.1) is 28.7 Å². The van der Waals surface area contributed by atoms with Crippen molar-refractivity contribution in [2.75, 3.05) is 11.9 Å². The highest BCUT2D eigenvalue weighted by Crippen LogP contribution is 2.24. The lowest BCUT2D eigenvalue weighted by Gasteiger charge is -2.23. The smallest absolute Gasteiger partial charge is 0.272 e. The van der Waals surface area contributed by atoms with Crippen molar-refractivity contribution < 1.29 is 28.3 Å². The number of nitrogens with one attached hydrogen (secondary N) is 1. The molecule has 0 bridgehead atoms. The van der Waals surface area contributed by atoms with Gasteiger partial charge in [-0.2, -0.15) is 0 Å². The van der Waals surface area contributed by atoms with Gasteiger partial charge in [-0.1, -0.05) is 6.07 Å². The number of para-hydroxylation sites is 1. The second-order valence-corrected chi connectivity index (χ2v) is 5.83. The zero-order valence-electron chi connectivity index (χ0n) is 14.0. The highest BCUT2D eigenvalue weighted by atomic mass is 19.1. The van der Waals surface area contributed by atoms with Crippen LogP contribution in [0.5, 0.6) is 5.75 Å². The molecule has 9 heteroatoms. The number of hydrogen-bond acceptors (Lipinski definition) is 5. The summed E-state index contributed by atoms with van der Waals surface area (Å²) in [6.07, 6.45) is 0. The molecule has 0 aliphatic heterocycles. The average Bonchev–Trinajstić information content (AvgIpc) is 2.54. The molecule has 2 N–H and O–H groups in total. The lowest BCUT2D eigenvalue weighted by atomic mass is 10.1. The van der Waals surface area contributed by atoms with Crippen LogP contribution in [0.15, 0.2) is 36.4 Å². The average molecular weight is 366 g/mol. The Hall–Kier alpha value is -3.07. The lowest BCUT2D eigenvalue weighted by molar-refractivity contribution is -0.385. The molecule has 0 heterocycles. The van der Waals surface area contributed by atoms with Crippen molar-refractivity contribution in [3.8, 4) is 5.75 Å². The number of nitro groups is 1. The second-order valence-electron chi connectivity index (χ2n) is 5.83. The normalized spacial score (nSPS) is 13.0. The Bertz CT molecular complexity index is 835. The number of nitrogens with zero attached hydrogens (tertiary/aromatic N) is 1. The van der Waals surface area contributed by atoms with Crippen LogP contribution in [0.4, 0.5) is 20.2 Å². The van der Waals surface area contributed by atoms with Gasteiger partial charge in [0.1, 0.15) is 6.61 Å². The Kier molecular flexibility index (Phi) is 5.51. The number of aliphatic hydroxyl groups is 1. The molecule has 2 rings (SSSR count). The van der Waals surface area contributed by atoms with Crippen LogP contribution in [0.2, 0.25) is 0 Å². The molecule has 0 aliphatic rings. The van der Waals surface area contributed by atoms with Crippen molar-refractivity contribution in [1.82, 2.24) is 0 Å². The summed E-state index contributed by atoms with van der Waals surface area (Å²) in [6.45, 7) is 1.90. The van der Waals surface area contributed by atoms with Crippen LogP contribution in [-0.4, -0.2) is 28.1 Å². The monoisotopic (exact) mass is 366 g/mol. The van der Waals surface area contributed by atoms with E-state index in [1.54, 1.807) is 0 Å². The number of nitro benzene ring substituents is 1. The van der Waals surface area contributed by atoms with Crippen LogP contribution in [0.1, 0.15) is 12.5 Å². The maximum absolute atomic E-state index is 13.5. The van der Waals surface area contributed by atoms with Gasteiger partial charge in [0.15, 0.2) is 23.0 Å². The number of hydrogen-bond donors (Lipinski definition) is 2. The summed E-state index contributed by atoms with van der Waals surface area (Å²) < 4.78 is 32.0. The van der Waals surface area contributed by atoms with Gasteiger partial charge in [0.05, 0.1) is 4.92 Å². The molecule has 1 unspecified atom stereocenters. The fourth-order valence-electron chi connectivity index (χ4n) is 2.10. The number of halogens is 2. The van der Waals surface area contributed by atoms with Gasteiger partial charge in [0.25, 0.3) is 11.6 Å². The quantitative estimate of drug-likeness (QED) is 0.605. The zero-order valence-corrected chi connectivity index (χ0v) is 14.0. The van der Waals surface area contributed by atoms with E-state index in [1.165, 1.54) is 25.1 Å². The summed E-state index contributed by atoms with van der Waals surface area (Å²) in [4.78, 5) is 22.4. The first-order chi connectivity index (χ1) is 12.1. The summed E-state index contributed by atoms with van der Waals surface area (Å²) >= 11 is 0. The van der Waals surface area contributed by atoms with Gasteiger partial charge >= 0.3 is 0 Å². The topological polar surface area (TPSA) is 102 Å². The number of rotatable bonds is 6. The molecule has 1 amide bonds. The van der Waals surface area contributed by atoms with E-state index in [2.05, 4.69) is 5.32 Å². The fraction of sp³-hybridized carbons (Fsp3) is 0.235. The Morgan fingerprint density at radius 1 is 1.31 bits per heavy atom. The number of ether oxygens (including phenoxy) is 1. The molecular formula is C17H16F2N2O5. The summed E-state index contributed by atoms with van der Waals surface area (Å²) in [7, 11) is 0. The molecule has 2 aromatic rings. The van der Waals surface area contributed by atoms with Crippen LogP contribution in [0.3, 0.4) is 0 Å². The molecule has 0 spiro atoms. The summed E-state index contributed by atoms with van der Waals surface area (Å²) in [6, 6.07) is 6.99. The highest BCUT2D eigenvalue weighted by molar-refractivity contribution is 5.97. The molecule has 2 aromatic carbocycles. The van der Waals surface area contributed by atoms with Gasteiger partial charge in [-0.3, -0.25) is 14.9 Å². The zero-order chi connectivity index (χ0) is 19.5. The molecule has 1 atom stereocenters. The van der Waals surface area contributed by atoms with Crippen LogP contribution < -0.4 is 10.1 Å². The number of benzene rings is 2. The Labute approximate surface area is 147 Å². The summed E-state index contributed by atoms with van der Waals surface area (Å²) in [5.41, 5.74) is -1.69. The van der Waals surface area contributed by atoms with Crippen molar-refractivity contribution >= 4 is 17.3 Å². The minimum atomic E-state index is -2.11. The van der Waals surface area contributed by atoms with E-state index in [1.807, 2.05) is 0 Å². The standard InChI is InChI=1S/C17H16F2N2O5/c1-10-8-11(6-7-14(10)21(24)25)20-16(22)17(2,23)9-26-15-12(18)4-3-5-13(15)19/h3-8,23H,9H2,1-2H3,(H,20,22). The Morgan fingerprint density at radius 3 is 2.46 bits per heavy atom. The van der Waals surface area contributed by atoms with Crippen LogP contribution in [0.25, 0.3) is 0 Å². The van der Waals surface area contributed by atoms with Crippen molar-refractivity contribution in [3.63, 3.8) is 0 Å². The first-order valence-electron chi connectivity index (χ1n) is 7.47. The first kappa shape index (κ1) is 19.3. The number of anilines is 1. The molecule has 0 aromatic heterocycles. The van der Waals surface area contributed by atoms with E-state index in [9.17, 15) is 28.8 Å². The number of aryl methyl sites for hydroxylation is 1. The molecule has 26 heavy (non-hydrogen) atoms. The van der Waals surface area contributed by atoms with Gasteiger partial charge in [0, 0.05) is 17.3 Å². The summed E-state index contributed by atoms with van der Waals surface area (Å²) in [5, 5.41) is 23.4. The maximum Gasteiger partial charge on any atom is 0.272 e. The molecule has 0 radical (unpaired) electrons. The van der Waals surface area contributed by atoms with Crippen molar-refractivity contribution in [3.05, 3.63) is 63.7 Å². The van der Waals surface area contributed by atoms with E-state index < -0.39 is 40.4 Å². The second kappa shape index (κ2) is 7.44. The van der Waals surface area contributed by atoms with Gasteiger partial charge < -0.3 is 15.2 Å². The molecule has 138 valence electrons. The van der Waals surface area contributed by atoms with Gasteiger partial charge in [-0.15, -0.1) is 0 Å². The minimum absolute atomic E-state index is 0.117. The van der Waals surface area contributed by atoms with Crippen LogP contribution >= 0.6 is 0 Å². The van der Waals surface area contributed by atoms with E-state index in [-0.39, 0.29) is 11.4 Å². The van der Waals surface area contributed by atoms with Crippen LogP contribution in [-0.2, 0) is 4.79 Å². The van der Waals surface area contributed by atoms with Gasteiger partial charge in [-0.05, 0) is 38.1 Å². The third-order valence-electron chi connectivity index (χ3n) is 3.56. The fourth-order valence-corrected chi connectivity index (χ4v) is 2.10. The molecule has 0 fully saturated rings. The number of amides is 1. The van der Waals surface area contributed by atoms with E-state index in [4.69, 9.17) is 4.74 Å². The highest BCUT2D eigenvalue weighted by Gasteiger charge is 2.32. The molecule has 0 aliphatic carbocycles. The molecule has 7 nitrogen and oxygen atoms in total. The summed E-state index contributed by atoms with van der Waals surface area (Å²) in [5.74, 6) is -3.53. The number of carbonyl (C=O) groups is 1. The molecular weight excluding hydrogens is 350 g/mol. The molecule has 0 saturated carbocycles. The predicted molar refractivity (Wildman–Crippen MR) is 88.9 cm³/mol. The third-order valence-corrected chi connectivity index (χ3v) is 3.56. The van der Waals surface area contributed by atoms with E-state index >= 15 is 0 Å². The maximum atomic E-state index is 13.5. The largest absolute Gasteiger partial charge is 0.484 e.